The van der Waals surface area contributed by atoms with Gasteiger partial charge in [-0.05, 0) is 41.8 Å². The molecule has 3 rings (SSSR count). The van der Waals surface area contributed by atoms with Gasteiger partial charge in [-0.1, -0.05) is 18.2 Å². The molecule has 0 atom stereocenters. The van der Waals surface area contributed by atoms with Crippen LogP contribution in [0, 0.1) is 6.92 Å². The van der Waals surface area contributed by atoms with Crippen LogP contribution < -0.4 is 0 Å². The Hall–Kier alpha value is -2.00. The van der Waals surface area contributed by atoms with Crippen LogP contribution in [0.5, 0.6) is 0 Å². The highest BCUT2D eigenvalue weighted by Crippen LogP contribution is 2.20. The SMILES string of the molecule is Cc1cnc(Cl)nc1Cc1ccnc2ccccc12. The second-order valence-corrected chi connectivity index (χ2v) is 4.77. The quantitative estimate of drug-likeness (QED) is 0.668. The molecule has 0 bridgehead atoms. The van der Waals surface area contributed by atoms with Crippen LogP contribution in [-0.2, 0) is 6.42 Å². The van der Waals surface area contributed by atoms with E-state index in [1.54, 1.807) is 6.20 Å². The van der Waals surface area contributed by atoms with Crippen molar-refractivity contribution in [3.8, 4) is 0 Å². The van der Waals surface area contributed by atoms with Crippen LogP contribution in [0.2, 0.25) is 5.28 Å². The Balaban J connectivity index is 2.08. The van der Waals surface area contributed by atoms with Gasteiger partial charge in [-0.25, -0.2) is 9.97 Å². The third-order valence-electron chi connectivity index (χ3n) is 3.14. The van der Waals surface area contributed by atoms with Gasteiger partial charge in [0, 0.05) is 24.2 Å². The van der Waals surface area contributed by atoms with E-state index in [-0.39, 0.29) is 0 Å². The molecule has 0 fully saturated rings. The van der Waals surface area contributed by atoms with Crippen molar-refractivity contribution in [2.45, 2.75) is 13.3 Å². The number of aryl methyl sites for hydroxylation is 1. The lowest BCUT2D eigenvalue weighted by Crippen LogP contribution is -1.99. The third-order valence-corrected chi connectivity index (χ3v) is 3.33. The molecule has 2 heterocycles. The van der Waals surface area contributed by atoms with Crippen molar-refractivity contribution in [1.29, 1.82) is 0 Å². The molecular weight excluding hydrogens is 258 g/mol. The first-order valence-corrected chi connectivity index (χ1v) is 6.42. The molecular formula is C15H12ClN3. The summed E-state index contributed by atoms with van der Waals surface area (Å²) in [7, 11) is 0. The number of benzene rings is 1. The molecule has 4 heteroatoms. The molecule has 0 aliphatic carbocycles. The number of pyridine rings is 1. The fourth-order valence-corrected chi connectivity index (χ4v) is 2.27. The molecule has 0 aliphatic rings. The fraction of sp³-hybridized carbons (Fsp3) is 0.133. The van der Waals surface area contributed by atoms with E-state index in [0.29, 0.717) is 5.28 Å². The molecule has 0 saturated carbocycles. The minimum absolute atomic E-state index is 0.291. The maximum atomic E-state index is 5.87. The van der Waals surface area contributed by atoms with Crippen LogP contribution in [0.1, 0.15) is 16.8 Å². The second kappa shape index (κ2) is 4.94. The van der Waals surface area contributed by atoms with Crippen LogP contribution in [0.25, 0.3) is 10.9 Å². The number of para-hydroxylation sites is 1. The number of aromatic nitrogens is 3. The summed E-state index contributed by atoms with van der Waals surface area (Å²) < 4.78 is 0. The van der Waals surface area contributed by atoms with Crippen molar-refractivity contribution in [2.24, 2.45) is 0 Å². The summed E-state index contributed by atoms with van der Waals surface area (Å²) in [6, 6.07) is 10.1. The third kappa shape index (κ3) is 2.42. The van der Waals surface area contributed by atoms with E-state index in [9.17, 15) is 0 Å². The molecule has 0 aliphatic heterocycles. The summed E-state index contributed by atoms with van der Waals surface area (Å²) in [5, 5.41) is 1.44. The first-order valence-electron chi connectivity index (χ1n) is 6.04. The monoisotopic (exact) mass is 269 g/mol. The molecule has 0 radical (unpaired) electrons. The fourth-order valence-electron chi connectivity index (χ4n) is 2.12. The summed E-state index contributed by atoms with van der Waals surface area (Å²) in [5.74, 6) is 0. The number of hydrogen-bond donors (Lipinski definition) is 0. The first-order chi connectivity index (χ1) is 9.24. The Morgan fingerprint density at radius 2 is 1.95 bits per heavy atom. The van der Waals surface area contributed by atoms with Gasteiger partial charge in [-0.15, -0.1) is 0 Å². The van der Waals surface area contributed by atoms with Gasteiger partial charge in [0.2, 0.25) is 5.28 Å². The van der Waals surface area contributed by atoms with E-state index < -0.39 is 0 Å². The number of nitrogens with zero attached hydrogens (tertiary/aromatic N) is 3. The predicted octanol–water partition coefficient (Wildman–Crippen LogP) is 3.58. The van der Waals surface area contributed by atoms with Crippen LogP contribution in [-0.4, -0.2) is 15.0 Å². The van der Waals surface area contributed by atoms with Crippen molar-refractivity contribution in [1.82, 2.24) is 15.0 Å². The van der Waals surface area contributed by atoms with Crippen LogP contribution in [0.15, 0.2) is 42.7 Å². The Morgan fingerprint density at radius 3 is 2.84 bits per heavy atom. The van der Waals surface area contributed by atoms with Gasteiger partial charge in [0.25, 0.3) is 0 Å². The van der Waals surface area contributed by atoms with Crippen LogP contribution in [0.4, 0.5) is 0 Å². The van der Waals surface area contributed by atoms with E-state index in [1.807, 2.05) is 37.4 Å². The molecule has 3 aromatic rings. The lowest BCUT2D eigenvalue weighted by Gasteiger charge is -2.07. The van der Waals surface area contributed by atoms with Crippen LogP contribution >= 0.6 is 11.6 Å². The molecule has 0 unspecified atom stereocenters. The zero-order chi connectivity index (χ0) is 13.2. The number of halogens is 1. The van der Waals surface area contributed by atoms with Crippen molar-refractivity contribution >= 4 is 22.5 Å². The van der Waals surface area contributed by atoms with E-state index in [4.69, 9.17) is 11.6 Å². The van der Waals surface area contributed by atoms with Crippen molar-refractivity contribution in [3.05, 3.63) is 64.8 Å². The van der Waals surface area contributed by atoms with Crippen molar-refractivity contribution < 1.29 is 0 Å². The highest BCUT2D eigenvalue weighted by Gasteiger charge is 2.07. The highest BCUT2D eigenvalue weighted by molar-refractivity contribution is 6.28. The highest BCUT2D eigenvalue weighted by atomic mass is 35.5. The maximum absolute atomic E-state index is 5.87. The average Bonchev–Trinajstić information content (AvgIpc) is 2.43. The molecule has 94 valence electrons. The normalized spacial score (nSPS) is 10.8. The van der Waals surface area contributed by atoms with Gasteiger partial charge in [0.1, 0.15) is 0 Å². The Morgan fingerprint density at radius 1 is 1.11 bits per heavy atom. The Labute approximate surface area is 116 Å². The average molecular weight is 270 g/mol. The Kier molecular flexibility index (Phi) is 3.13. The lowest BCUT2D eigenvalue weighted by atomic mass is 10.0. The zero-order valence-electron chi connectivity index (χ0n) is 10.5. The summed E-state index contributed by atoms with van der Waals surface area (Å²) >= 11 is 5.87. The van der Waals surface area contributed by atoms with E-state index in [1.165, 1.54) is 5.56 Å². The van der Waals surface area contributed by atoms with Crippen molar-refractivity contribution in [2.75, 3.05) is 0 Å². The minimum Gasteiger partial charge on any atom is -0.256 e. The summed E-state index contributed by atoms with van der Waals surface area (Å²) in [6.07, 6.45) is 4.32. The molecule has 19 heavy (non-hydrogen) atoms. The first kappa shape index (κ1) is 12.1. The van der Waals surface area contributed by atoms with E-state index in [2.05, 4.69) is 21.0 Å². The largest absolute Gasteiger partial charge is 0.256 e. The number of fused-ring (bicyclic) bond motifs is 1. The molecule has 0 N–H and O–H groups in total. The molecule has 0 saturated heterocycles. The number of rotatable bonds is 2. The van der Waals surface area contributed by atoms with Gasteiger partial charge in [0.05, 0.1) is 11.2 Å². The summed E-state index contributed by atoms with van der Waals surface area (Å²) in [6.45, 7) is 2.00. The maximum Gasteiger partial charge on any atom is 0.222 e. The molecule has 2 aromatic heterocycles. The summed E-state index contributed by atoms with van der Waals surface area (Å²) in [4.78, 5) is 12.7. The predicted molar refractivity (Wildman–Crippen MR) is 76.3 cm³/mol. The molecule has 0 spiro atoms. The molecule has 0 amide bonds. The van der Waals surface area contributed by atoms with Gasteiger partial charge >= 0.3 is 0 Å². The van der Waals surface area contributed by atoms with E-state index >= 15 is 0 Å². The smallest absolute Gasteiger partial charge is 0.222 e. The zero-order valence-corrected chi connectivity index (χ0v) is 11.2. The standard InChI is InChI=1S/C15H12ClN3/c1-10-9-18-15(16)19-14(10)8-11-6-7-17-13-5-3-2-4-12(11)13/h2-7,9H,8H2,1H3. The van der Waals surface area contributed by atoms with Gasteiger partial charge in [-0.2, -0.15) is 0 Å². The molecule has 3 nitrogen and oxygen atoms in total. The van der Waals surface area contributed by atoms with Gasteiger partial charge in [-0.3, -0.25) is 4.98 Å². The number of hydrogen-bond acceptors (Lipinski definition) is 3. The summed E-state index contributed by atoms with van der Waals surface area (Å²) in [5.41, 5.74) is 4.20. The van der Waals surface area contributed by atoms with Gasteiger partial charge in [0.15, 0.2) is 0 Å². The minimum atomic E-state index is 0.291. The lowest BCUT2D eigenvalue weighted by molar-refractivity contribution is 0.999. The Bertz CT molecular complexity index is 735. The second-order valence-electron chi connectivity index (χ2n) is 4.43. The topological polar surface area (TPSA) is 38.7 Å². The van der Waals surface area contributed by atoms with Crippen molar-refractivity contribution in [3.63, 3.8) is 0 Å². The van der Waals surface area contributed by atoms with E-state index in [0.717, 1.165) is 28.6 Å². The molecule has 1 aromatic carbocycles. The van der Waals surface area contributed by atoms with Gasteiger partial charge < -0.3 is 0 Å². The van der Waals surface area contributed by atoms with Crippen LogP contribution in [0.3, 0.4) is 0 Å².